The van der Waals surface area contributed by atoms with Crippen LogP contribution in [-0.4, -0.2) is 32.8 Å². The number of anilines is 1. The van der Waals surface area contributed by atoms with E-state index in [0.717, 1.165) is 5.56 Å². The van der Waals surface area contributed by atoms with Crippen molar-refractivity contribution < 1.29 is 17.9 Å². The minimum absolute atomic E-state index is 0.0274. The molecule has 0 aliphatic heterocycles. The Balaban J connectivity index is 1.86. The Bertz CT molecular complexity index is 1190. The number of ether oxygens (including phenoxy) is 1. The third kappa shape index (κ3) is 5.25. The molecular weight excluding hydrogens is 436 g/mol. The highest BCUT2D eigenvalue weighted by Gasteiger charge is 2.22. The number of para-hydroxylation sites is 1. The number of carbonyl (C=O) groups is 1. The molecule has 3 rings (SSSR count). The van der Waals surface area contributed by atoms with Crippen LogP contribution >= 0.6 is 11.6 Å². The van der Waals surface area contributed by atoms with Gasteiger partial charge in [-0.25, -0.2) is 8.42 Å². The highest BCUT2D eigenvalue weighted by atomic mass is 35.5. The zero-order valence-electron chi connectivity index (χ0n) is 17.4. The summed E-state index contributed by atoms with van der Waals surface area (Å²) >= 11 is 5.86. The summed E-state index contributed by atoms with van der Waals surface area (Å²) in [4.78, 5) is 12.9. The quantitative estimate of drug-likeness (QED) is 0.555. The molecule has 0 aliphatic carbocycles. The normalized spacial score (nSPS) is 11.4. The van der Waals surface area contributed by atoms with Crippen molar-refractivity contribution in [1.82, 2.24) is 4.31 Å². The Morgan fingerprint density at radius 2 is 1.74 bits per heavy atom. The van der Waals surface area contributed by atoms with Gasteiger partial charge in [0.2, 0.25) is 10.0 Å². The number of halogens is 1. The first-order valence-electron chi connectivity index (χ1n) is 9.48. The van der Waals surface area contributed by atoms with E-state index in [1.165, 1.54) is 42.7 Å². The molecule has 6 nitrogen and oxygen atoms in total. The second-order valence-corrected chi connectivity index (χ2v) is 9.49. The molecule has 0 saturated heterocycles. The molecule has 3 aromatic rings. The fourth-order valence-electron chi connectivity index (χ4n) is 3.06. The molecule has 0 aliphatic rings. The van der Waals surface area contributed by atoms with Crippen molar-refractivity contribution in [2.24, 2.45) is 0 Å². The number of benzene rings is 3. The van der Waals surface area contributed by atoms with Crippen LogP contribution in [0.5, 0.6) is 5.75 Å². The zero-order valence-corrected chi connectivity index (χ0v) is 19.0. The smallest absolute Gasteiger partial charge is 0.255 e. The average Bonchev–Trinajstić information content (AvgIpc) is 2.75. The summed E-state index contributed by atoms with van der Waals surface area (Å²) in [6, 6.07) is 18.4. The molecule has 1 amide bonds. The Labute approximate surface area is 187 Å². The first-order chi connectivity index (χ1) is 14.7. The average molecular weight is 459 g/mol. The third-order valence-corrected chi connectivity index (χ3v) is 6.92. The number of methoxy groups -OCH3 is 1. The van der Waals surface area contributed by atoms with Crippen molar-refractivity contribution in [1.29, 1.82) is 0 Å². The Morgan fingerprint density at radius 1 is 1.06 bits per heavy atom. The highest BCUT2D eigenvalue weighted by molar-refractivity contribution is 7.89. The molecule has 0 heterocycles. The molecule has 3 aromatic carbocycles. The van der Waals surface area contributed by atoms with Gasteiger partial charge in [-0.05, 0) is 61.0 Å². The van der Waals surface area contributed by atoms with E-state index in [9.17, 15) is 13.2 Å². The molecule has 0 atom stereocenters. The summed E-state index contributed by atoms with van der Waals surface area (Å²) in [5.41, 5.74) is 2.63. The van der Waals surface area contributed by atoms with Gasteiger partial charge < -0.3 is 10.1 Å². The standard InChI is InChI=1S/C23H23ClN2O4S/c1-16-6-4-5-7-21(16)25-23(27)17-8-13-22(30-3)18(14-17)15-26(2)31(28,29)20-11-9-19(24)10-12-20/h4-14H,15H2,1-3H3,(H,25,27). The number of sulfonamides is 1. The number of rotatable bonds is 7. The van der Waals surface area contributed by atoms with Gasteiger partial charge in [0.05, 0.1) is 12.0 Å². The minimum Gasteiger partial charge on any atom is -0.496 e. The van der Waals surface area contributed by atoms with Crippen LogP contribution in [0, 0.1) is 6.92 Å². The van der Waals surface area contributed by atoms with Crippen LogP contribution in [0.3, 0.4) is 0 Å². The molecule has 0 radical (unpaired) electrons. The van der Waals surface area contributed by atoms with E-state index in [1.807, 2.05) is 31.2 Å². The first-order valence-corrected chi connectivity index (χ1v) is 11.3. The van der Waals surface area contributed by atoms with Crippen molar-refractivity contribution in [3.8, 4) is 5.75 Å². The van der Waals surface area contributed by atoms with Gasteiger partial charge >= 0.3 is 0 Å². The lowest BCUT2D eigenvalue weighted by atomic mass is 10.1. The van der Waals surface area contributed by atoms with E-state index in [0.29, 0.717) is 27.6 Å². The van der Waals surface area contributed by atoms with E-state index >= 15 is 0 Å². The number of aryl methyl sites for hydroxylation is 1. The van der Waals surface area contributed by atoms with E-state index in [4.69, 9.17) is 16.3 Å². The fraction of sp³-hybridized carbons (Fsp3) is 0.174. The Morgan fingerprint density at radius 3 is 2.39 bits per heavy atom. The lowest BCUT2D eigenvalue weighted by Gasteiger charge is -2.19. The predicted octanol–water partition coefficient (Wildman–Crippen LogP) is 4.73. The number of carbonyl (C=O) groups excluding carboxylic acids is 1. The molecular formula is C23H23ClN2O4S. The molecule has 162 valence electrons. The molecule has 0 spiro atoms. The summed E-state index contributed by atoms with van der Waals surface area (Å²) in [6.07, 6.45) is 0. The topological polar surface area (TPSA) is 75.7 Å². The van der Waals surface area contributed by atoms with Crippen LogP contribution in [0.4, 0.5) is 5.69 Å². The van der Waals surface area contributed by atoms with Crippen LogP contribution in [0.1, 0.15) is 21.5 Å². The van der Waals surface area contributed by atoms with Crippen LogP contribution in [0.2, 0.25) is 5.02 Å². The molecule has 0 bridgehead atoms. The first kappa shape index (κ1) is 22.8. The van der Waals surface area contributed by atoms with E-state index in [-0.39, 0.29) is 17.3 Å². The number of nitrogens with zero attached hydrogens (tertiary/aromatic N) is 1. The fourth-order valence-corrected chi connectivity index (χ4v) is 4.34. The second-order valence-electron chi connectivity index (χ2n) is 7.01. The number of nitrogens with one attached hydrogen (secondary N) is 1. The molecule has 0 fully saturated rings. The van der Waals surface area contributed by atoms with Crippen LogP contribution in [0.15, 0.2) is 71.6 Å². The summed E-state index contributed by atoms with van der Waals surface area (Å²) in [6.45, 7) is 1.94. The van der Waals surface area contributed by atoms with Crippen molar-refractivity contribution in [3.05, 3.63) is 88.4 Å². The van der Waals surface area contributed by atoms with Gasteiger partial charge in [-0.15, -0.1) is 0 Å². The van der Waals surface area contributed by atoms with Gasteiger partial charge in [0.25, 0.3) is 5.91 Å². The predicted molar refractivity (Wildman–Crippen MR) is 122 cm³/mol. The van der Waals surface area contributed by atoms with Gasteiger partial charge in [0, 0.05) is 35.4 Å². The van der Waals surface area contributed by atoms with Gasteiger partial charge in [-0.1, -0.05) is 29.8 Å². The number of amides is 1. The maximum Gasteiger partial charge on any atom is 0.255 e. The zero-order chi connectivity index (χ0) is 22.6. The van der Waals surface area contributed by atoms with Gasteiger partial charge in [-0.3, -0.25) is 4.79 Å². The maximum absolute atomic E-state index is 12.9. The second kappa shape index (κ2) is 9.51. The lowest BCUT2D eigenvalue weighted by molar-refractivity contribution is 0.102. The summed E-state index contributed by atoms with van der Waals surface area (Å²) in [5, 5.41) is 3.34. The SMILES string of the molecule is COc1ccc(C(=O)Nc2ccccc2C)cc1CN(C)S(=O)(=O)c1ccc(Cl)cc1. The Hall–Kier alpha value is -2.87. The summed E-state index contributed by atoms with van der Waals surface area (Å²) < 4.78 is 32.4. The van der Waals surface area contributed by atoms with Gasteiger partial charge in [-0.2, -0.15) is 4.31 Å². The largest absolute Gasteiger partial charge is 0.496 e. The summed E-state index contributed by atoms with van der Waals surface area (Å²) in [7, 11) is -0.772. The molecule has 31 heavy (non-hydrogen) atoms. The summed E-state index contributed by atoms with van der Waals surface area (Å²) in [5.74, 6) is 0.201. The molecule has 1 N–H and O–H groups in total. The van der Waals surface area contributed by atoms with Crippen molar-refractivity contribution in [3.63, 3.8) is 0 Å². The van der Waals surface area contributed by atoms with E-state index in [2.05, 4.69) is 5.32 Å². The van der Waals surface area contributed by atoms with Crippen LogP contribution < -0.4 is 10.1 Å². The van der Waals surface area contributed by atoms with Crippen LogP contribution in [-0.2, 0) is 16.6 Å². The number of hydrogen-bond acceptors (Lipinski definition) is 4. The minimum atomic E-state index is -3.75. The van der Waals surface area contributed by atoms with Crippen LogP contribution in [0.25, 0.3) is 0 Å². The maximum atomic E-state index is 12.9. The monoisotopic (exact) mass is 458 g/mol. The van der Waals surface area contributed by atoms with Gasteiger partial charge in [0.1, 0.15) is 5.75 Å². The molecule has 0 saturated carbocycles. The van der Waals surface area contributed by atoms with Crippen molar-refractivity contribution in [2.45, 2.75) is 18.4 Å². The lowest BCUT2D eigenvalue weighted by Crippen LogP contribution is -2.27. The van der Waals surface area contributed by atoms with E-state index < -0.39 is 10.0 Å². The van der Waals surface area contributed by atoms with Crippen molar-refractivity contribution in [2.75, 3.05) is 19.5 Å². The van der Waals surface area contributed by atoms with E-state index in [1.54, 1.807) is 18.2 Å². The van der Waals surface area contributed by atoms with Gasteiger partial charge in [0.15, 0.2) is 0 Å². The third-order valence-electron chi connectivity index (χ3n) is 4.85. The number of hydrogen-bond donors (Lipinski definition) is 1. The molecule has 0 aromatic heterocycles. The Kier molecular flexibility index (Phi) is 7.00. The van der Waals surface area contributed by atoms with Crippen molar-refractivity contribution >= 4 is 33.2 Å². The highest BCUT2D eigenvalue weighted by Crippen LogP contribution is 2.25. The molecule has 0 unspecified atom stereocenters. The molecule has 8 heteroatoms.